The molecule has 0 spiro atoms. The van der Waals surface area contributed by atoms with Crippen molar-refractivity contribution in [3.63, 3.8) is 0 Å². The molecule has 20 heavy (non-hydrogen) atoms. The zero-order valence-corrected chi connectivity index (χ0v) is 11.7. The Labute approximate surface area is 118 Å². The van der Waals surface area contributed by atoms with Gasteiger partial charge in [-0.2, -0.15) is 0 Å². The maximum absolute atomic E-state index is 10.3. The van der Waals surface area contributed by atoms with Gasteiger partial charge in [0.05, 0.1) is 13.2 Å². The summed E-state index contributed by atoms with van der Waals surface area (Å²) in [5.74, 6) is 1.44. The highest BCUT2D eigenvalue weighted by Gasteiger charge is 2.28. The molecule has 0 aromatic heterocycles. The number of aliphatic hydroxyl groups excluding tert-OH is 1. The lowest BCUT2D eigenvalue weighted by Crippen LogP contribution is -2.19. The van der Waals surface area contributed by atoms with Gasteiger partial charge in [0.25, 0.3) is 0 Å². The van der Waals surface area contributed by atoms with Gasteiger partial charge in [-0.3, -0.25) is 0 Å². The second kappa shape index (κ2) is 5.17. The second-order valence-electron chi connectivity index (χ2n) is 5.17. The van der Waals surface area contributed by atoms with Gasteiger partial charge in [-0.15, -0.1) is 0 Å². The third-order valence-electron chi connectivity index (χ3n) is 3.74. The number of hydrogen-bond acceptors (Lipinski definition) is 3. The smallest absolute Gasteiger partial charge is 0.129 e. The molecule has 0 bridgehead atoms. The minimum absolute atomic E-state index is 0.120. The van der Waals surface area contributed by atoms with Crippen LogP contribution in [0.5, 0.6) is 11.5 Å². The molecule has 3 heteroatoms. The Morgan fingerprint density at radius 2 is 1.90 bits per heavy atom. The van der Waals surface area contributed by atoms with E-state index in [0.29, 0.717) is 12.2 Å². The maximum Gasteiger partial charge on any atom is 0.129 e. The van der Waals surface area contributed by atoms with Crippen molar-refractivity contribution in [2.45, 2.75) is 25.6 Å². The van der Waals surface area contributed by atoms with Crippen molar-refractivity contribution >= 4 is 0 Å². The summed E-state index contributed by atoms with van der Waals surface area (Å²) >= 11 is 0. The number of aliphatic hydroxyl groups is 1. The van der Waals surface area contributed by atoms with Gasteiger partial charge >= 0.3 is 0 Å². The highest BCUT2D eigenvalue weighted by Crippen LogP contribution is 2.42. The maximum atomic E-state index is 10.3. The van der Waals surface area contributed by atoms with Crippen molar-refractivity contribution in [2.24, 2.45) is 0 Å². The fourth-order valence-corrected chi connectivity index (χ4v) is 2.54. The highest BCUT2D eigenvalue weighted by atomic mass is 16.5. The van der Waals surface area contributed by atoms with Gasteiger partial charge in [-0.1, -0.05) is 29.8 Å². The van der Waals surface area contributed by atoms with E-state index in [1.165, 1.54) is 5.56 Å². The lowest BCUT2D eigenvalue weighted by Gasteiger charge is -2.30. The Bertz CT molecular complexity index is 604. The SMILES string of the molecule is COc1ccc2c(c1)OC(c1ccc(C)cc1)C[C@H]2O. The van der Waals surface area contributed by atoms with E-state index < -0.39 is 6.10 Å². The van der Waals surface area contributed by atoms with E-state index in [1.807, 2.05) is 18.2 Å². The van der Waals surface area contributed by atoms with Crippen molar-refractivity contribution in [3.05, 3.63) is 59.2 Å². The van der Waals surface area contributed by atoms with Crippen LogP contribution in [0.4, 0.5) is 0 Å². The predicted molar refractivity (Wildman–Crippen MR) is 77.1 cm³/mol. The molecular weight excluding hydrogens is 252 g/mol. The largest absolute Gasteiger partial charge is 0.497 e. The highest BCUT2D eigenvalue weighted by molar-refractivity contribution is 5.44. The Morgan fingerprint density at radius 3 is 2.60 bits per heavy atom. The molecule has 104 valence electrons. The van der Waals surface area contributed by atoms with Crippen molar-refractivity contribution < 1.29 is 14.6 Å². The molecule has 1 aliphatic heterocycles. The van der Waals surface area contributed by atoms with Crippen LogP contribution in [0.2, 0.25) is 0 Å². The molecule has 1 unspecified atom stereocenters. The fraction of sp³-hybridized carbons (Fsp3) is 0.294. The summed E-state index contributed by atoms with van der Waals surface area (Å²) in [7, 11) is 1.62. The first kappa shape index (κ1) is 13.0. The zero-order valence-electron chi connectivity index (χ0n) is 11.7. The van der Waals surface area contributed by atoms with Gasteiger partial charge in [-0.25, -0.2) is 0 Å². The van der Waals surface area contributed by atoms with Crippen LogP contribution in [-0.4, -0.2) is 12.2 Å². The van der Waals surface area contributed by atoms with Gasteiger partial charge in [0.2, 0.25) is 0 Å². The first-order chi connectivity index (χ1) is 9.67. The fourth-order valence-electron chi connectivity index (χ4n) is 2.54. The van der Waals surface area contributed by atoms with Crippen LogP contribution in [0.15, 0.2) is 42.5 Å². The Morgan fingerprint density at radius 1 is 1.15 bits per heavy atom. The van der Waals surface area contributed by atoms with Gasteiger partial charge in [0, 0.05) is 18.1 Å². The van der Waals surface area contributed by atoms with E-state index in [-0.39, 0.29) is 6.10 Å². The number of methoxy groups -OCH3 is 1. The molecule has 2 aromatic rings. The summed E-state index contributed by atoms with van der Waals surface area (Å²) in [5.41, 5.74) is 3.13. The third-order valence-corrected chi connectivity index (χ3v) is 3.74. The average molecular weight is 270 g/mol. The van der Waals surface area contributed by atoms with Crippen LogP contribution >= 0.6 is 0 Å². The van der Waals surface area contributed by atoms with Crippen LogP contribution < -0.4 is 9.47 Å². The summed E-state index contributed by atoms with van der Waals surface area (Å²) in [6.45, 7) is 2.06. The average Bonchev–Trinajstić information content (AvgIpc) is 2.47. The van der Waals surface area contributed by atoms with Crippen molar-refractivity contribution in [1.29, 1.82) is 0 Å². The number of benzene rings is 2. The van der Waals surface area contributed by atoms with Crippen LogP contribution in [0.25, 0.3) is 0 Å². The number of hydrogen-bond donors (Lipinski definition) is 1. The van der Waals surface area contributed by atoms with Gasteiger partial charge in [0.15, 0.2) is 0 Å². The Kier molecular flexibility index (Phi) is 3.36. The molecule has 2 aromatic carbocycles. The molecule has 0 radical (unpaired) electrons. The van der Waals surface area contributed by atoms with E-state index in [9.17, 15) is 5.11 Å². The molecule has 0 amide bonds. The lowest BCUT2D eigenvalue weighted by atomic mass is 9.94. The van der Waals surface area contributed by atoms with Crippen LogP contribution in [0.3, 0.4) is 0 Å². The van der Waals surface area contributed by atoms with Crippen molar-refractivity contribution in [3.8, 4) is 11.5 Å². The molecule has 1 N–H and O–H groups in total. The normalized spacial score (nSPS) is 20.9. The van der Waals surface area contributed by atoms with Gasteiger partial charge < -0.3 is 14.6 Å². The minimum Gasteiger partial charge on any atom is -0.497 e. The molecule has 1 aliphatic rings. The Balaban J connectivity index is 1.92. The van der Waals surface area contributed by atoms with E-state index >= 15 is 0 Å². The molecular formula is C17H18O3. The van der Waals surface area contributed by atoms with Gasteiger partial charge in [0.1, 0.15) is 17.6 Å². The van der Waals surface area contributed by atoms with Crippen molar-refractivity contribution in [1.82, 2.24) is 0 Å². The first-order valence-corrected chi connectivity index (χ1v) is 6.76. The number of fused-ring (bicyclic) bond motifs is 1. The molecule has 2 atom stereocenters. The number of aryl methyl sites for hydroxylation is 1. The monoisotopic (exact) mass is 270 g/mol. The summed E-state index contributed by atoms with van der Waals surface area (Å²) < 4.78 is 11.2. The molecule has 3 nitrogen and oxygen atoms in total. The van der Waals surface area contributed by atoms with Crippen molar-refractivity contribution in [2.75, 3.05) is 7.11 Å². The molecule has 0 fully saturated rings. The molecule has 3 rings (SSSR count). The minimum atomic E-state index is -0.504. The summed E-state index contributed by atoms with van der Waals surface area (Å²) in [6.07, 6.45) is -0.0521. The topological polar surface area (TPSA) is 38.7 Å². The molecule has 0 saturated heterocycles. The van der Waals surface area contributed by atoms with Gasteiger partial charge in [-0.05, 0) is 24.6 Å². The summed E-state index contributed by atoms with van der Waals surface area (Å²) in [4.78, 5) is 0. The van der Waals surface area contributed by atoms with Crippen LogP contribution in [0.1, 0.15) is 35.3 Å². The lowest BCUT2D eigenvalue weighted by molar-refractivity contribution is 0.0655. The predicted octanol–water partition coefficient (Wildman–Crippen LogP) is 3.56. The third kappa shape index (κ3) is 2.37. The molecule has 0 aliphatic carbocycles. The second-order valence-corrected chi connectivity index (χ2v) is 5.17. The number of ether oxygens (including phenoxy) is 2. The summed E-state index contributed by atoms with van der Waals surface area (Å²) in [5, 5.41) is 10.3. The quantitative estimate of drug-likeness (QED) is 0.906. The molecule has 0 saturated carbocycles. The van der Waals surface area contributed by atoms with E-state index in [4.69, 9.17) is 9.47 Å². The van der Waals surface area contributed by atoms with E-state index in [1.54, 1.807) is 7.11 Å². The number of rotatable bonds is 2. The van der Waals surface area contributed by atoms with E-state index in [0.717, 1.165) is 16.9 Å². The van der Waals surface area contributed by atoms with Crippen LogP contribution in [-0.2, 0) is 0 Å². The standard InChI is InChI=1S/C17H18O3/c1-11-3-5-12(6-4-11)16-10-15(18)14-8-7-13(19-2)9-17(14)20-16/h3-9,15-16,18H,10H2,1-2H3/t15-,16?/m1/s1. The molecule has 1 heterocycles. The first-order valence-electron chi connectivity index (χ1n) is 6.76. The Hall–Kier alpha value is -2.00. The zero-order chi connectivity index (χ0) is 14.1. The van der Waals surface area contributed by atoms with E-state index in [2.05, 4.69) is 31.2 Å². The van der Waals surface area contributed by atoms with Crippen LogP contribution in [0, 0.1) is 6.92 Å². The summed E-state index contributed by atoms with van der Waals surface area (Å²) in [6, 6.07) is 13.8.